The van der Waals surface area contributed by atoms with Gasteiger partial charge in [0.15, 0.2) is 0 Å². The Labute approximate surface area is 92.6 Å². The molecule has 3 heteroatoms. The molecule has 0 radical (unpaired) electrons. The van der Waals surface area contributed by atoms with E-state index in [1.165, 1.54) is 11.1 Å². The molecule has 2 nitrogen and oxygen atoms in total. The summed E-state index contributed by atoms with van der Waals surface area (Å²) in [5, 5.41) is 3.37. The Bertz CT molecular complexity index is 385. The summed E-state index contributed by atoms with van der Waals surface area (Å²) >= 11 is 3.48. The van der Waals surface area contributed by atoms with Crippen molar-refractivity contribution < 1.29 is 0 Å². The summed E-state index contributed by atoms with van der Waals surface area (Å²) in [7, 11) is 0. The van der Waals surface area contributed by atoms with Gasteiger partial charge in [-0.2, -0.15) is 0 Å². The fourth-order valence-corrected chi connectivity index (χ4v) is 1.93. The van der Waals surface area contributed by atoms with Gasteiger partial charge in [-0.15, -0.1) is 0 Å². The summed E-state index contributed by atoms with van der Waals surface area (Å²) in [6.07, 6.45) is 0. The van der Waals surface area contributed by atoms with Gasteiger partial charge in [-0.3, -0.25) is 4.99 Å². The minimum absolute atomic E-state index is 0.461. The summed E-state index contributed by atoms with van der Waals surface area (Å²) in [6, 6.07) is 6.73. The zero-order chi connectivity index (χ0) is 10.1. The third kappa shape index (κ3) is 1.82. The Hall–Kier alpha value is -0.830. The molecule has 0 bridgehead atoms. The second-order valence-electron chi connectivity index (χ2n) is 3.69. The van der Waals surface area contributed by atoms with Crippen molar-refractivity contribution in [3.05, 3.63) is 33.8 Å². The van der Waals surface area contributed by atoms with Crippen LogP contribution >= 0.6 is 15.9 Å². The van der Waals surface area contributed by atoms with Gasteiger partial charge in [-0.25, -0.2) is 0 Å². The summed E-state index contributed by atoms with van der Waals surface area (Å²) in [6.45, 7) is 5.13. The summed E-state index contributed by atoms with van der Waals surface area (Å²) in [5.41, 5.74) is 2.46. The molecule has 0 saturated heterocycles. The zero-order valence-electron chi connectivity index (χ0n) is 8.34. The number of aliphatic imine (C=N–C) groups is 1. The van der Waals surface area contributed by atoms with E-state index in [-0.39, 0.29) is 0 Å². The highest BCUT2D eigenvalue weighted by Gasteiger charge is 2.15. The highest BCUT2D eigenvalue weighted by Crippen LogP contribution is 2.17. The average molecular weight is 253 g/mol. The molecule has 1 aromatic carbocycles. The summed E-state index contributed by atoms with van der Waals surface area (Å²) in [5.74, 6) is 1.02. The van der Waals surface area contributed by atoms with Gasteiger partial charge in [0.1, 0.15) is 5.84 Å². The van der Waals surface area contributed by atoms with Gasteiger partial charge in [0.05, 0.1) is 6.54 Å². The predicted octanol–water partition coefficient (Wildman–Crippen LogP) is 2.50. The highest BCUT2D eigenvalue weighted by atomic mass is 79.9. The molecule has 1 unspecified atom stereocenters. The monoisotopic (exact) mass is 252 g/mol. The second kappa shape index (κ2) is 3.73. The normalized spacial score (nSPS) is 20.5. The molecule has 0 spiro atoms. The van der Waals surface area contributed by atoms with Crippen LogP contribution < -0.4 is 5.32 Å². The smallest absolute Gasteiger partial charge is 0.128 e. The van der Waals surface area contributed by atoms with E-state index in [1.54, 1.807) is 0 Å². The van der Waals surface area contributed by atoms with Gasteiger partial charge in [0.25, 0.3) is 0 Å². The average Bonchev–Trinajstić information content (AvgIpc) is 2.56. The molecule has 0 aliphatic carbocycles. The number of nitrogens with one attached hydrogen (secondary N) is 1. The third-order valence-electron chi connectivity index (χ3n) is 2.36. The van der Waals surface area contributed by atoms with Gasteiger partial charge in [-0.05, 0) is 31.5 Å². The van der Waals surface area contributed by atoms with Crippen molar-refractivity contribution in [1.82, 2.24) is 5.32 Å². The largest absolute Gasteiger partial charge is 0.366 e. The number of nitrogens with zero attached hydrogens (tertiary/aromatic N) is 1. The van der Waals surface area contributed by atoms with Crippen molar-refractivity contribution in [2.24, 2.45) is 4.99 Å². The molecule has 0 aromatic heterocycles. The van der Waals surface area contributed by atoms with Crippen molar-refractivity contribution in [3.8, 4) is 0 Å². The second-order valence-corrected chi connectivity index (χ2v) is 4.61. The van der Waals surface area contributed by atoms with E-state index < -0.39 is 0 Å². The van der Waals surface area contributed by atoms with Gasteiger partial charge in [0.2, 0.25) is 0 Å². The lowest BCUT2D eigenvalue weighted by atomic mass is 10.1. The van der Waals surface area contributed by atoms with Crippen molar-refractivity contribution in [2.75, 3.05) is 6.54 Å². The van der Waals surface area contributed by atoms with Crippen LogP contribution in [0.1, 0.15) is 18.1 Å². The zero-order valence-corrected chi connectivity index (χ0v) is 9.93. The van der Waals surface area contributed by atoms with Crippen LogP contribution in [0.5, 0.6) is 0 Å². The maximum atomic E-state index is 4.47. The van der Waals surface area contributed by atoms with E-state index >= 15 is 0 Å². The Balaban J connectivity index is 2.36. The maximum absolute atomic E-state index is 4.47. The van der Waals surface area contributed by atoms with E-state index in [2.05, 4.69) is 58.3 Å². The molecular weight excluding hydrogens is 240 g/mol. The van der Waals surface area contributed by atoms with Crippen LogP contribution in [0.2, 0.25) is 0 Å². The molecular formula is C11H13BrN2. The van der Waals surface area contributed by atoms with Gasteiger partial charge in [-0.1, -0.05) is 22.0 Å². The Morgan fingerprint density at radius 2 is 2.29 bits per heavy atom. The van der Waals surface area contributed by atoms with Crippen LogP contribution in [0.15, 0.2) is 27.7 Å². The van der Waals surface area contributed by atoms with Crippen LogP contribution in [0.25, 0.3) is 0 Å². The molecule has 0 fully saturated rings. The lowest BCUT2D eigenvalue weighted by molar-refractivity contribution is 0.726. The minimum Gasteiger partial charge on any atom is -0.366 e. The molecule has 1 heterocycles. The Morgan fingerprint density at radius 1 is 1.50 bits per heavy atom. The number of aryl methyl sites for hydroxylation is 1. The summed E-state index contributed by atoms with van der Waals surface area (Å²) < 4.78 is 1.10. The minimum atomic E-state index is 0.461. The van der Waals surface area contributed by atoms with Crippen LogP contribution in [0.4, 0.5) is 0 Å². The first-order valence-electron chi connectivity index (χ1n) is 4.74. The predicted molar refractivity (Wildman–Crippen MR) is 62.9 cm³/mol. The molecule has 1 aliphatic rings. The van der Waals surface area contributed by atoms with Crippen LogP contribution in [0.3, 0.4) is 0 Å². The number of hydrogen-bond donors (Lipinski definition) is 1. The molecule has 0 amide bonds. The first-order chi connectivity index (χ1) is 6.66. The van der Waals surface area contributed by atoms with Crippen molar-refractivity contribution in [3.63, 3.8) is 0 Å². The molecule has 14 heavy (non-hydrogen) atoms. The van der Waals surface area contributed by atoms with E-state index in [4.69, 9.17) is 0 Å². The standard InChI is InChI=1S/C11H13BrN2/c1-7-3-4-9(12)5-10(7)11-13-6-8(2)14-11/h3-5,8H,6H2,1-2H3,(H,13,14). The maximum Gasteiger partial charge on any atom is 0.128 e. The van der Waals surface area contributed by atoms with Crippen molar-refractivity contribution in [2.45, 2.75) is 19.9 Å². The van der Waals surface area contributed by atoms with E-state index in [1.807, 2.05) is 0 Å². The Morgan fingerprint density at radius 3 is 2.93 bits per heavy atom. The quantitative estimate of drug-likeness (QED) is 0.817. The lowest BCUT2D eigenvalue weighted by Gasteiger charge is -2.09. The first kappa shape index (κ1) is 9.71. The van der Waals surface area contributed by atoms with Crippen LogP contribution in [-0.4, -0.2) is 18.4 Å². The van der Waals surface area contributed by atoms with E-state index in [0.717, 1.165) is 16.9 Å². The van der Waals surface area contributed by atoms with Gasteiger partial charge in [0, 0.05) is 16.1 Å². The highest BCUT2D eigenvalue weighted by molar-refractivity contribution is 9.10. The van der Waals surface area contributed by atoms with Crippen LogP contribution in [-0.2, 0) is 0 Å². The molecule has 0 saturated carbocycles. The molecule has 1 aromatic rings. The third-order valence-corrected chi connectivity index (χ3v) is 2.85. The fourth-order valence-electron chi connectivity index (χ4n) is 1.57. The van der Waals surface area contributed by atoms with Gasteiger partial charge >= 0.3 is 0 Å². The van der Waals surface area contributed by atoms with Crippen molar-refractivity contribution >= 4 is 21.8 Å². The SMILES string of the molecule is Cc1ccc(Br)cc1C1=NCC(C)N1. The van der Waals surface area contributed by atoms with Crippen LogP contribution in [0, 0.1) is 6.92 Å². The Kier molecular flexibility index (Phi) is 2.59. The van der Waals surface area contributed by atoms with E-state index in [9.17, 15) is 0 Å². The summed E-state index contributed by atoms with van der Waals surface area (Å²) in [4.78, 5) is 4.47. The number of benzene rings is 1. The molecule has 74 valence electrons. The molecule has 1 aliphatic heterocycles. The molecule has 1 N–H and O–H groups in total. The number of hydrogen-bond acceptors (Lipinski definition) is 2. The number of rotatable bonds is 1. The van der Waals surface area contributed by atoms with Gasteiger partial charge < -0.3 is 5.32 Å². The first-order valence-corrected chi connectivity index (χ1v) is 5.53. The van der Waals surface area contributed by atoms with Crippen molar-refractivity contribution in [1.29, 1.82) is 0 Å². The number of halogens is 1. The fraction of sp³-hybridized carbons (Fsp3) is 0.364. The topological polar surface area (TPSA) is 24.4 Å². The lowest BCUT2D eigenvalue weighted by Crippen LogP contribution is -2.28. The molecule has 1 atom stereocenters. The van der Waals surface area contributed by atoms with E-state index in [0.29, 0.717) is 6.04 Å². The number of amidine groups is 1. The molecule has 2 rings (SSSR count).